The zero-order chi connectivity index (χ0) is 20.1. The van der Waals surface area contributed by atoms with Crippen molar-refractivity contribution in [2.45, 2.75) is 19.4 Å². The van der Waals surface area contributed by atoms with E-state index in [9.17, 15) is 14.4 Å². The number of aromatic amines is 1. The molecule has 28 heavy (non-hydrogen) atoms. The maximum atomic E-state index is 12.6. The number of H-pyrrole nitrogens is 1. The molecule has 2 aromatic carbocycles. The lowest BCUT2D eigenvalue weighted by Crippen LogP contribution is -2.43. The summed E-state index contributed by atoms with van der Waals surface area (Å²) >= 11 is 5.85. The van der Waals surface area contributed by atoms with Crippen LogP contribution in [0.2, 0.25) is 5.02 Å². The molecular weight excluding hydrogens is 380 g/mol. The topological polar surface area (TPSA) is 88.3 Å². The molecule has 0 radical (unpaired) electrons. The van der Waals surface area contributed by atoms with Crippen LogP contribution in [0.4, 0.5) is 0 Å². The highest BCUT2D eigenvalue weighted by molar-refractivity contribution is 6.30. The average molecular weight is 399 g/mol. The van der Waals surface area contributed by atoms with Crippen molar-refractivity contribution in [3.8, 4) is 0 Å². The van der Waals surface area contributed by atoms with Gasteiger partial charge in [-0.25, -0.2) is 4.79 Å². The molecule has 0 fully saturated rings. The number of pyridine rings is 1. The van der Waals surface area contributed by atoms with E-state index in [2.05, 4.69) is 10.3 Å². The van der Waals surface area contributed by atoms with Gasteiger partial charge >= 0.3 is 5.97 Å². The van der Waals surface area contributed by atoms with E-state index in [-0.39, 0.29) is 18.6 Å². The van der Waals surface area contributed by atoms with E-state index in [1.807, 2.05) is 18.2 Å². The summed E-state index contributed by atoms with van der Waals surface area (Å²) in [6.45, 7) is 1.88. The van der Waals surface area contributed by atoms with Gasteiger partial charge in [-0.1, -0.05) is 29.8 Å². The highest BCUT2D eigenvalue weighted by atomic mass is 35.5. The Morgan fingerprint density at radius 2 is 1.86 bits per heavy atom. The van der Waals surface area contributed by atoms with Gasteiger partial charge in [0.05, 0.1) is 6.61 Å². The molecule has 6 nitrogen and oxygen atoms in total. The van der Waals surface area contributed by atoms with Crippen LogP contribution in [0, 0.1) is 0 Å². The van der Waals surface area contributed by atoms with Gasteiger partial charge in [-0.15, -0.1) is 0 Å². The number of amides is 1. The quantitative estimate of drug-likeness (QED) is 0.624. The van der Waals surface area contributed by atoms with Gasteiger partial charge in [-0.2, -0.15) is 0 Å². The number of hydrogen-bond donors (Lipinski definition) is 2. The first-order valence-corrected chi connectivity index (χ1v) is 9.19. The molecule has 0 spiro atoms. The summed E-state index contributed by atoms with van der Waals surface area (Å²) in [5.41, 5.74) is 1.40. The van der Waals surface area contributed by atoms with Gasteiger partial charge in [0.1, 0.15) is 6.04 Å². The Kier molecular flexibility index (Phi) is 6.11. The molecule has 7 heteroatoms. The van der Waals surface area contributed by atoms with Gasteiger partial charge in [-0.3, -0.25) is 9.59 Å². The second-order valence-corrected chi connectivity index (χ2v) is 6.63. The second-order valence-electron chi connectivity index (χ2n) is 6.19. The van der Waals surface area contributed by atoms with Crippen LogP contribution >= 0.6 is 11.6 Å². The minimum atomic E-state index is -0.937. The molecule has 1 heterocycles. The minimum absolute atomic E-state index is 0.128. The number of benzene rings is 2. The van der Waals surface area contributed by atoms with Gasteiger partial charge in [0.25, 0.3) is 5.91 Å². The highest BCUT2D eigenvalue weighted by Gasteiger charge is 2.24. The summed E-state index contributed by atoms with van der Waals surface area (Å²) in [7, 11) is 0. The number of fused-ring (bicyclic) bond motifs is 1. The smallest absolute Gasteiger partial charge is 0.328 e. The van der Waals surface area contributed by atoms with E-state index in [0.29, 0.717) is 21.7 Å². The number of halogens is 1. The Bertz CT molecular complexity index is 1060. The molecular formula is C21H19ClN2O4. The van der Waals surface area contributed by atoms with Gasteiger partial charge in [0, 0.05) is 34.0 Å². The van der Waals surface area contributed by atoms with Crippen LogP contribution in [0.15, 0.2) is 59.4 Å². The van der Waals surface area contributed by atoms with Crippen LogP contribution in [0.3, 0.4) is 0 Å². The van der Waals surface area contributed by atoms with Crippen molar-refractivity contribution in [2.24, 2.45) is 0 Å². The Hall–Kier alpha value is -3.12. The lowest BCUT2D eigenvalue weighted by molar-refractivity contribution is -0.145. The number of para-hydroxylation sites is 1. The summed E-state index contributed by atoms with van der Waals surface area (Å²) < 4.78 is 5.11. The third-order valence-electron chi connectivity index (χ3n) is 4.24. The lowest BCUT2D eigenvalue weighted by atomic mass is 10.0. The van der Waals surface area contributed by atoms with Crippen molar-refractivity contribution in [1.82, 2.24) is 10.3 Å². The molecule has 0 saturated heterocycles. The largest absolute Gasteiger partial charge is 0.464 e. The summed E-state index contributed by atoms with van der Waals surface area (Å²) in [6.07, 6.45) is 0.128. The molecule has 0 aliphatic rings. The number of carbonyl (C=O) groups is 2. The standard InChI is InChI=1S/C21H19ClN2O4/c1-2-28-21(27)18(24-20(26)13-7-9-15(22)10-8-13)11-14-12-19(25)23-17-6-4-3-5-16(14)17/h3-10,12,18H,2,11H2,1H3,(H,23,25)(H,24,26). The highest BCUT2D eigenvalue weighted by Crippen LogP contribution is 2.17. The lowest BCUT2D eigenvalue weighted by Gasteiger charge is -2.18. The molecule has 0 aliphatic carbocycles. The van der Waals surface area contributed by atoms with E-state index in [4.69, 9.17) is 16.3 Å². The molecule has 0 saturated carbocycles. The number of aromatic nitrogens is 1. The molecule has 1 unspecified atom stereocenters. The summed E-state index contributed by atoms with van der Waals surface area (Å²) in [5.74, 6) is -0.988. The maximum Gasteiger partial charge on any atom is 0.328 e. The molecule has 3 aromatic rings. The fourth-order valence-corrected chi connectivity index (χ4v) is 3.07. The number of carbonyl (C=O) groups excluding carboxylic acids is 2. The number of nitrogens with one attached hydrogen (secondary N) is 2. The Labute approximate surface area is 166 Å². The molecule has 1 amide bonds. The van der Waals surface area contributed by atoms with Crippen LogP contribution in [0.25, 0.3) is 10.9 Å². The molecule has 2 N–H and O–H groups in total. The van der Waals surface area contributed by atoms with E-state index in [0.717, 1.165) is 5.39 Å². The summed E-state index contributed by atoms with van der Waals surface area (Å²) in [4.78, 5) is 39.8. The molecule has 1 atom stereocenters. The van der Waals surface area contributed by atoms with Crippen molar-refractivity contribution in [1.29, 1.82) is 0 Å². The van der Waals surface area contributed by atoms with Crippen molar-refractivity contribution >= 4 is 34.4 Å². The Balaban J connectivity index is 1.91. The number of hydrogen-bond acceptors (Lipinski definition) is 4. The van der Waals surface area contributed by atoms with Crippen LogP contribution in [0.5, 0.6) is 0 Å². The molecule has 1 aromatic heterocycles. The summed E-state index contributed by atoms with van der Waals surface area (Å²) in [6, 6.07) is 14.1. The number of rotatable bonds is 6. The third-order valence-corrected chi connectivity index (χ3v) is 4.50. The molecule has 0 bridgehead atoms. The first-order valence-electron chi connectivity index (χ1n) is 8.82. The zero-order valence-corrected chi connectivity index (χ0v) is 16.0. The van der Waals surface area contributed by atoms with Crippen molar-refractivity contribution in [3.05, 3.63) is 81.1 Å². The monoisotopic (exact) mass is 398 g/mol. The fourth-order valence-electron chi connectivity index (χ4n) is 2.94. The molecule has 0 aliphatic heterocycles. The van der Waals surface area contributed by atoms with Crippen LogP contribution in [-0.2, 0) is 16.0 Å². The van der Waals surface area contributed by atoms with Crippen molar-refractivity contribution in [3.63, 3.8) is 0 Å². The SMILES string of the molecule is CCOC(=O)C(Cc1cc(=O)[nH]c2ccccc12)NC(=O)c1ccc(Cl)cc1. The first kappa shape index (κ1) is 19.6. The van der Waals surface area contributed by atoms with E-state index < -0.39 is 17.9 Å². The predicted octanol–water partition coefficient (Wildman–Crippen LogP) is 3.09. The predicted molar refractivity (Wildman–Crippen MR) is 108 cm³/mol. The van der Waals surface area contributed by atoms with Gasteiger partial charge in [0.15, 0.2) is 0 Å². The van der Waals surface area contributed by atoms with E-state index in [1.54, 1.807) is 37.3 Å². The number of ether oxygens (including phenoxy) is 1. The molecule has 144 valence electrons. The van der Waals surface area contributed by atoms with Crippen LogP contribution in [0.1, 0.15) is 22.8 Å². The van der Waals surface area contributed by atoms with E-state index in [1.165, 1.54) is 6.07 Å². The normalized spacial score (nSPS) is 11.8. The van der Waals surface area contributed by atoms with Gasteiger partial charge in [-0.05, 0) is 42.8 Å². The Morgan fingerprint density at radius 1 is 1.14 bits per heavy atom. The van der Waals surface area contributed by atoms with E-state index >= 15 is 0 Å². The van der Waals surface area contributed by atoms with Gasteiger partial charge < -0.3 is 15.0 Å². The summed E-state index contributed by atoms with van der Waals surface area (Å²) in [5, 5.41) is 4.01. The van der Waals surface area contributed by atoms with Crippen molar-refractivity contribution in [2.75, 3.05) is 6.61 Å². The fraction of sp³-hybridized carbons (Fsp3) is 0.190. The Morgan fingerprint density at radius 3 is 2.57 bits per heavy atom. The average Bonchev–Trinajstić information content (AvgIpc) is 2.68. The van der Waals surface area contributed by atoms with Crippen LogP contribution < -0.4 is 10.9 Å². The van der Waals surface area contributed by atoms with Gasteiger partial charge in [0.2, 0.25) is 5.56 Å². The van der Waals surface area contributed by atoms with Crippen LogP contribution in [-0.4, -0.2) is 29.5 Å². The first-order chi connectivity index (χ1) is 13.5. The van der Waals surface area contributed by atoms with Crippen molar-refractivity contribution < 1.29 is 14.3 Å². The minimum Gasteiger partial charge on any atom is -0.464 e. The zero-order valence-electron chi connectivity index (χ0n) is 15.2. The second kappa shape index (κ2) is 8.71. The third kappa shape index (κ3) is 4.58. The maximum absolute atomic E-state index is 12.6. The number of esters is 1. The molecule has 3 rings (SSSR count).